The van der Waals surface area contributed by atoms with Gasteiger partial charge in [0.05, 0.1) is 57.8 Å². The van der Waals surface area contributed by atoms with Gasteiger partial charge in [-0.3, -0.25) is 38.9 Å². The lowest BCUT2D eigenvalue weighted by atomic mass is 9.83. The molecule has 28 nitrogen and oxygen atoms in total. The van der Waals surface area contributed by atoms with Crippen LogP contribution in [0.25, 0.3) is 10.9 Å². The highest BCUT2D eigenvalue weighted by atomic mass is 35.5. The number of nitrogens with one attached hydrogen (secondary N) is 4. The van der Waals surface area contributed by atoms with Crippen molar-refractivity contribution in [1.82, 2.24) is 35.6 Å². The molecular formula is C72H104ClN9O19. The van der Waals surface area contributed by atoms with E-state index in [4.69, 9.17) is 50.5 Å². The molecule has 8 N–H and O–H groups in total. The Morgan fingerprint density at radius 1 is 0.921 bits per heavy atom. The van der Waals surface area contributed by atoms with Crippen molar-refractivity contribution in [3.8, 4) is 5.75 Å². The zero-order chi connectivity index (χ0) is 74.5. The van der Waals surface area contributed by atoms with E-state index in [-0.39, 0.29) is 108 Å². The number of anilines is 1. The van der Waals surface area contributed by atoms with Crippen LogP contribution in [-0.4, -0.2) is 213 Å². The van der Waals surface area contributed by atoms with Crippen LogP contribution in [0.1, 0.15) is 124 Å². The molecule has 3 aromatic rings. The number of rotatable bonds is 36. The maximum atomic E-state index is 14.7. The molecule has 0 unspecified atom stereocenters. The van der Waals surface area contributed by atoms with Crippen molar-refractivity contribution >= 4 is 87.4 Å². The molecule has 0 aliphatic carbocycles. The fourth-order valence-corrected chi connectivity index (χ4v) is 13.1. The number of benzene rings is 2. The summed E-state index contributed by atoms with van der Waals surface area (Å²) < 4.78 is 43.1. The number of hydrogen-bond donors (Lipinski definition) is 7. The molecule has 2 fully saturated rings. The SMILES string of the molecule is CCN(C)Cc1cc2ccccc2n1CCC(=O)C[C@@H](CCC(=O)O)C(=O)NCCOCCOCCC(=O)N[C@H](C(=O)C[C@@H](CCCNC(N)=O)C(=O)N(C)[C@@H](C)C(=O)O[C@H]1CC(=O)N(C)c2cc(cc(OC)c2Cl)C/C(C)=C/C=C/[C@@H](OC)[C@@]2(O)C[C@H](OC(=O)N2)[C@@H](C)[C@@H]2O[C@]12C)C(C)C. The lowest BCUT2D eigenvalue weighted by Crippen LogP contribution is -2.63. The standard InChI is InChI=1S/C72H104ClN9O19/c1-13-79(8)42-51-37-48-19-14-15-21-53(48)82(51)29-25-52(83)38-49(23-24-62(87)88)66(89)75-28-31-98-33-32-97-30-26-60(85)77-64(43(2)3)55(84)39-50(20-17-27-76-69(74)92)67(90)80(9)46(6)68(91)100-59-40-61(86)81(10)54-35-47(36-56(95-11)63(54)73)34-44(4)18-16-22-58(96-12)72(94)41-57(99-70(93)78-72)45(5)65-71(59,7)101-65/h14-16,18-19,21-22,35-37,43,45-46,49-50,57-59,64-65,94H,13,17,20,23-34,38-42H2,1-12H3,(H,75,89)(H,77,85)(H,78,93)(H,87,88)(H3,74,76,92)/b22-16+,44-18+/t45-,46+,49-,50-,57+,58-,59+,64+,65+,71-,72+/m1/s1. The van der Waals surface area contributed by atoms with E-state index in [1.807, 2.05) is 44.3 Å². The first kappa shape index (κ1) is 82.0. The Balaban J connectivity index is 1.04. The van der Waals surface area contributed by atoms with Crippen LogP contribution in [0.4, 0.5) is 15.3 Å². The maximum Gasteiger partial charge on any atom is 0.409 e. The number of primary amides is 1. The number of aryl methyl sites for hydroxylation is 1. The highest BCUT2D eigenvalue weighted by Crippen LogP contribution is 2.49. The molecule has 558 valence electrons. The minimum Gasteiger partial charge on any atom is -0.495 e. The summed E-state index contributed by atoms with van der Waals surface area (Å²) >= 11 is 6.88. The van der Waals surface area contributed by atoms with Gasteiger partial charge in [-0.05, 0) is 101 Å². The van der Waals surface area contributed by atoms with Crippen LogP contribution in [0.15, 0.2) is 66.3 Å². The quantitative estimate of drug-likeness (QED) is 0.0195. The zero-order valence-corrected chi connectivity index (χ0v) is 61.0. The molecule has 0 radical (unpaired) electrons. The highest BCUT2D eigenvalue weighted by molar-refractivity contribution is 6.35. The van der Waals surface area contributed by atoms with E-state index in [2.05, 4.69) is 43.7 Å². The van der Waals surface area contributed by atoms with Gasteiger partial charge in [-0.1, -0.05) is 81.3 Å². The van der Waals surface area contributed by atoms with Crippen molar-refractivity contribution in [2.24, 2.45) is 29.4 Å². The van der Waals surface area contributed by atoms with Crippen LogP contribution >= 0.6 is 11.6 Å². The second kappa shape index (κ2) is 38.3. The molecule has 101 heavy (non-hydrogen) atoms. The predicted octanol–water partition coefficient (Wildman–Crippen LogP) is 6.16. The fraction of sp³-hybridized carbons (Fsp3) is 0.611. The summed E-state index contributed by atoms with van der Waals surface area (Å²) in [7, 11) is 7.73. The number of carbonyl (C=O) groups is 10. The van der Waals surface area contributed by atoms with Crippen LogP contribution in [0.2, 0.25) is 5.02 Å². The van der Waals surface area contributed by atoms with E-state index in [0.29, 0.717) is 30.9 Å². The first-order valence-corrected chi connectivity index (χ1v) is 34.9. The van der Waals surface area contributed by atoms with Gasteiger partial charge in [0.25, 0.3) is 0 Å². The Bertz CT molecular complexity index is 3470. The first-order valence-electron chi connectivity index (χ1n) is 34.5. The van der Waals surface area contributed by atoms with E-state index in [1.54, 1.807) is 52.0 Å². The van der Waals surface area contributed by atoms with Crippen LogP contribution in [0.5, 0.6) is 5.75 Å². The second-order valence-electron chi connectivity index (χ2n) is 27.0. The number of halogens is 1. The van der Waals surface area contributed by atoms with Crippen molar-refractivity contribution in [3.05, 3.63) is 82.5 Å². The van der Waals surface area contributed by atoms with E-state index >= 15 is 0 Å². The monoisotopic (exact) mass is 1430 g/mol. The third-order valence-corrected chi connectivity index (χ3v) is 19.4. The van der Waals surface area contributed by atoms with Crippen molar-refractivity contribution in [1.29, 1.82) is 0 Å². The second-order valence-corrected chi connectivity index (χ2v) is 27.4. The third-order valence-electron chi connectivity index (χ3n) is 19.1. The Labute approximate surface area is 595 Å². The molecule has 1 aromatic heterocycles. The summed E-state index contributed by atoms with van der Waals surface area (Å²) in [6.07, 6.45) is -0.792. The minimum atomic E-state index is -1.94. The molecule has 4 heterocycles. The van der Waals surface area contributed by atoms with E-state index in [1.165, 1.54) is 40.1 Å². The van der Waals surface area contributed by atoms with Gasteiger partial charge in [0, 0.05) is 115 Å². The van der Waals surface area contributed by atoms with Crippen molar-refractivity contribution in [2.75, 3.05) is 86.3 Å². The number of nitrogens with zero attached hydrogens (tertiary/aromatic N) is 4. The van der Waals surface area contributed by atoms with Gasteiger partial charge < -0.3 is 84.3 Å². The molecule has 2 saturated heterocycles. The molecule has 2 aromatic carbocycles. The molecule has 11 atom stereocenters. The van der Waals surface area contributed by atoms with Crippen molar-refractivity contribution < 1.29 is 91.3 Å². The average molecular weight is 1440 g/mol. The number of allylic oxidation sites excluding steroid dienone is 3. The van der Waals surface area contributed by atoms with E-state index in [9.17, 15) is 58.2 Å². The molecule has 3 aliphatic heterocycles. The highest BCUT2D eigenvalue weighted by Gasteiger charge is 2.64. The number of urea groups is 1. The summed E-state index contributed by atoms with van der Waals surface area (Å²) in [5, 5.41) is 33.1. The van der Waals surface area contributed by atoms with Gasteiger partial charge in [0.2, 0.25) is 23.6 Å². The normalized spacial score (nSPS) is 22.8. The Hall–Kier alpha value is -7.99. The number of esters is 1. The fourth-order valence-electron chi connectivity index (χ4n) is 12.8. The number of carbonyl (C=O) groups excluding carboxylic acids is 9. The van der Waals surface area contributed by atoms with Gasteiger partial charge in [-0.15, -0.1) is 0 Å². The summed E-state index contributed by atoms with van der Waals surface area (Å²) in [6.45, 7) is 14.5. The number of carboxylic acids is 1. The maximum absolute atomic E-state index is 14.7. The van der Waals surface area contributed by atoms with Gasteiger partial charge in [0.1, 0.15) is 46.5 Å². The van der Waals surface area contributed by atoms with Crippen LogP contribution in [-0.2, 0) is 86.3 Å². The largest absolute Gasteiger partial charge is 0.495 e. The number of para-hydroxylation sites is 1. The number of nitrogens with two attached hydrogens (primary N) is 1. The Morgan fingerprint density at radius 2 is 1.63 bits per heavy atom. The lowest BCUT2D eigenvalue weighted by molar-refractivity contribution is -0.163. The topological polar surface area (TPSA) is 368 Å². The Kier molecular flexibility index (Phi) is 31.1. The lowest BCUT2D eigenvalue weighted by Gasteiger charge is -2.42. The number of aromatic nitrogens is 1. The smallest absolute Gasteiger partial charge is 0.409 e. The van der Waals surface area contributed by atoms with E-state index < -0.39 is 131 Å². The molecular weight excluding hydrogens is 1330 g/mol. The number of fused-ring (bicyclic) bond motifs is 6. The molecule has 6 rings (SSSR count). The van der Waals surface area contributed by atoms with Crippen LogP contribution < -0.4 is 36.6 Å². The number of Topliss-reactive ketones (excluding diaryl/α,β-unsaturated/α-hetero) is 2. The predicted molar refractivity (Wildman–Crippen MR) is 375 cm³/mol. The summed E-state index contributed by atoms with van der Waals surface area (Å²) in [5.74, 6) is -7.61. The number of carboxylic acid groups (broad SMARTS) is 1. The number of ketones is 2. The molecule has 7 amide bonds. The van der Waals surface area contributed by atoms with Gasteiger partial charge >= 0.3 is 24.1 Å². The number of aliphatic carboxylic acids is 1. The van der Waals surface area contributed by atoms with Crippen molar-refractivity contribution in [3.63, 3.8) is 0 Å². The Morgan fingerprint density at radius 3 is 2.31 bits per heavy atom. The van der Waals surface area contributed by atoms with Gasteiger partial charge in [-0.25, -0.2) is 14.4 Å². The van der Waals surface area contributed by atoms with Crippen molar-refractivity contribution in [2.45, 2.75) is 180 Å². The average Bonchev–Trinajstić information content (AvgIpc) is 1.57. The number of likely N-dealkylation sites (N-methyl/N-ethyl adjacent to an activating group) is 1. The molecule has 4 bridgehead atoms. The van der Waals surface area contributed by atoms with Crippen LogP contribution in [0, 0.1) is 23.7 Å². The summed E-state index contributed by atoms with van der Waals surface area (Å²) in [4.78, 5) is 139. The number of amides is 7. The summed E-state index contributed by atoms with van der Waals surface area (Å²) in [5.41, 5.74) is 5.93. The van der Waals surface area contributed by atoms with Gasteiger partial charge in [0.15, 0.2) is 11.5 Å². The molecule has 3 aliphatic rings. The molecule has 0 saturated carbocycles. The number of hydrogen-bond acceptors (Lipinski definition) is 19. The van der Waals surface area contributed by atoms with Gasteiger partial charge in [-0.2, -0.15) is 0 Å². The number of methoxy groups -OCH3 is 2. The number of aliphatic hydroxyl groups is 1. The van der Waals surface area contributed by atoms with E-state index in [0.717, 1.165) is 39.2 Å². The number of ether oxygens (including phenoxy) is 7. The molecule has 0 spiro atoms. The molecule has 29 heteroatoms. The number of epoxide rings is 1. The number of alkyl carbamates (subject to hydrolysis) is 1. The van der Waals surface area contributed by atoms with Crippen LogP contribution in [0.3, 0.4) is 0 Å². The minimum absolute atomic E-state index is 0.0153. The summed E-state index contributed by atoms with van der Waals surface area (Å²) in [6, 6.07) is 10.3. The third kappa shape index (κ3) is 23.3. The zero-order valence-electron chi connectivity index (χ0n) is 60.3. The first-order chi connectivity index (χ1) is 47.8.